The number of rotatable bonds is 4. The Hall–Kier alpha value is -4.59. The molecule has 33 heavy (non-hydrogen) atoms. The number of methoxy groups -OCH3 is 1. The fourth-order valence-electron chi connectivity index (χ4n) is 3.15. The maximum Gasteiger partial charge on any atom is 0.257 e. The number of guanidine groups is 1. The molecule has 3 aromatic carbocycles. The van der Waals surface area contributed by atoms with Gasteiger partial charge < -0.3 is 4.74 Å². The molecule has 1 aromatic heterocycles. The minimum atomic E-state index is -0.426. The van der Waals surface area contributed by atoms with E-state index in [1.807, 2.05) is 25.1 Å². The molecule has 0 aliphatic rings. The topological polar surface area (TPSA) is 106 Å². The molecule has 1 heterocycles. The molecular formula is C25H21N5O3. The molecule has 4 aromatic rings. The van der Waals surface area contributed by atoms with Gasteiger partial charge in [-0.15, -0.1) is 0 Å². The number of nitrogens with one attached hydrogen (secondary N) is 2. The van der Waals surface area contributed by atoms with Crippen LogP contribution in [0.1, 0.15) is 26.4 Å². The number of amides is 2. The Labute approximate surface area is 190 Å². The van der Waals surface area contributed by atoms with Crippen LogP contribution in [-0.2, 0) is 0 Å². The molecule has 0 radical (unpaired) electrons. The standard InChI is InChI=1S/C25H21N5O3/c1-16-20-15-19(33-2)13-14-21(20)27-24(26-16)30-25(28-22(31)17-9-5-3-6-10-17)29-23(32)18-11-7-4-8-12-18/h3-15H,1-2H3,(H2,26,27,28,29,30,31,32). The van der Waals surface area contributed by atoms with E-state index < -0.39 is 11.8 Å². The lowest BCUT2D eigenvalue weighted by atomic mass is 10.2. The smallest absolute Gasteiger partial charge is 0.257 e. The van der Waals surface area contributed by atoms with Crippen LogP contribution in [0.3, 0.4) is 0 Å². The van der Waals surface area contributed by atoms with Crippen LogP contribution in [0.25, 0.3) is 10.9 Å². The first kappa shape index (κ1) is 21.6. The van der Waals surface area contributed by atoms with E-state index >= 15 is 0 Å². The Bertz CT molecular complexity index is 1280. The van der Waals surface area contributed by atoms with Crippen LogP contribution in [0.4, 0.5) is 5.95 Å². The molecule has 0 bridgehead atoms. The van der Waals surface area contributed by atoms with Crippen molar-refractivity contribution >= 4 is 34.6 Å². The minimum Gasteiger partial charge on any atom is -0.497 e. The minimum absolute atomic E-state index is 0.0787. The zero-order chi connectivity index (χ0) is 23.2. The van der Waals surface area contributed by atoms with E-state index in [-0.39, 0.29) is 11.9 Å². The molecular weight excluding hydrogens is 418 g/mol. The fraction of sp³-hybridized carbons (Fsp3) is 0.0800. The summed E-state index contributed by atoms with van der Waals surface area (Å²) >= 11 is 0. The highest BCUT2D eigenvalue weighted by atomic mass is 16.5. The molecule has 0 aliphatic carbocycles. The van der Waals surface area contributed by atoms with Gasteiger partial charge in [-0.05, 0) is 49.4 Å². The molecule has 0 saturated heterocycles. The number of aliphatic imine (C=N–C) groups is 1. The molecule has 2 N–H and O–H groups in total. The molecule has 0 saturated carbocycles. The van der Waals surface area contributed by atoms with Gasteiger partial charge in [-0.25, -0.2) is 9.97 Å². The monoisotopic (exact) mass is 439 g/mol. The van der Waals surface area contributed by atoms with Gasteiger partial charge >= 0.3 is 0 Å². The Kier molecular flexibility index (Phi) is 6.36. The Balaban J connectivity index is 1.69. The molecule has 0 spiro atoms. The Morgan fingerprint density at radius 2 is 1.39 bits per heavy atom. The van der Waals surface area contributed by atoms with Crippen molar-refractivity contribution in [3.8, 4) is 5.75 Å². The van der Waals surface area contributed by atoms with Crippen LogP contribution < -0.4 is 15.4 Å². The van der Waals surface area contributed by atoms with Gasteiger partial charge in [0.15, 0.2) is 0 Å². The van der Waals surface area contributed by atoms with Gasteiger partial charge in [0, 0.05) is 16.5 Å². The Morgan fingerprint density at radius 1 is 0.818 bits per heavy atom. The highest BCUT2D eigenvalue weighted by molar-refractivity contribution is 6.13. The first-order chi connectivity index (χ1) is 16.0. The highest BCUT2D eigenvalue weighted by Gasteiger charge is 2.14. The first-order valence-corrected chi connectivity index (χ1v) is 10.2. The second-order valence-corrected chi connectivity index (χ2v) is 7.09. The number of nitrogens with zero attached hydrogens (tertiary/aromatic N) is 3. The summed E-state index contributed by atoms with van der Waals surface area (Å²) in [6, 6.07) is 22.7. The normalized spacial score (nSPS) is 10.4. The van der Waals surface area contributed by atoms with Gasteiger partial charge in [-0.2, -0.15) is 4.99 Å². The van der Waals surface area contributed by atoms with Gasteiger partial charge in [0.2, 0.25) is 5.96 Å². The van der Waals surface area contributed by atoms with E-state index in [0.717, 1.165) is 5.39 Å². The maximum atomic E-state index is 12.7. The fourth-order valence-corrected chi connectivity index (χ4v) is 3.15. The summed E-state index contributed by atoms with van der Waals surface area (Å²) in [4.78, 5) is 38.6. The van der Waals surface area contributed by atoms with E-state index in [1.165, 1.54) is 0 Å². The summed E-state index contributed by atoms with van der Waals surface area (Å²) < 4.78 is 5.27. The highest BCUT2D eigenvalue weighted by Crippen LogP contribution is 2.23. The summed E-state index contributed by atoms with van der Waals surface area (Å²) in [5.41, 5.74) is 2.18. The summed E-state index contributed by atoms with van der Waals surface area (Å²) in [6.45, 7) is 1.83. The largest absolute Gasteiger partial charge is 0.497 e. The summed E-state index contributed by atoms with van der Waals surface area (Å²) in [6.07, 6.45) is 0. The number of aryl methyl sites for hydroxylation is 1. The van der Waals surface area contributed by atoms with Crippen LogP contribution in [-0.4, -0.2) is 34.9 Å². The molecule has 0 aliphatic heterocycles. The molecule has 0 unspecified atom stereocenters. The van der Waals surface area contributed by atoms with Crippen molar-refractivity contribution in [1.29, 1.82) is 0 Å². The number of carbonyl (C=O) groups excluding carboxylic acids is 2. The van der Waals surface area contributed by atoms with Gasteiger partial charge in [-0.3, -0.25) is 20.2 Å². The van der Waals surface area contributed by atoms with Gasteiger partial charge in [0.05, 0.1) is 18.3 Å². The number of aromatic nitrogens is 2. The van der Waals surface area contributed by atoms with E-state index in [9.17, 15) is 9.59 Å². The van der Waals surface area contributed by atoms with Crippen molar-refractivity contribution in [3.05, 3.63) is 95.7 Å². The van der Waals surface area contributed by atoms with Crippen LogP contribution >= 0.6 is 0 Å². The number of hydrogen-bond acceptors (Lipinski definition) is 6. The number of hydrogen-bond donors (Lipinski definition) is 2. The Morgan fingerprint density at radius 3 is 1.94 bits per heavy atom. The quantitative estimate of drug-likeness (QED) is 0.372. The number of benzene rings is 3. The molecule has 0 atom stereocenters. The molecule has 164 valence electrons. The first-order valence-electron chi connectivity index (χ1n) is 10.2. The molecule has 0 fully saturated rings. The third kappa shape index (κ3) is 5.19. The van der Waals surface area contributed by atoms with Gasteiger partial charge in [0.25, 0.3) is 17.8 Å². The van der Waals surface area contributed by atoms with E-state index in [2.05, 4.69) is 25.6 Å². The molecule has 4 rings (SSSR count). The summed E-state index contributed by atoms with van der Waals surface area (Å²) in [7, 11) is 1.59. The van der Waals surface area contributed by atoms with Crippen molar-refractivity contribution in [3.63, 3.8) is 0 Å². The number of fused-ring (bicyclic) bond motifs is 1. The van der Waals surface area contributed by atoms with Crippen LogP contribution in [0, 0.1) is 6.92 Å². The molecule has 8 nitrogen and oxygen atoms in total. The SMILES string of the molecule is COc1ccc2nc(N=C(NC(=O)c3ccccc3)NC(=O)c3ccccc3)nc(C)c2c1. The summed E-state index contributed by atoms with van der Waals surface area (Å²) in [5, 5.41) is 6.11. The van der Waals surface area contributed by atoms with Crippen LogP contribution in [0.15, 0.2) is 83.9 Å². The third-order valence-electron chi connectivity index (χ3n) is 4.83. The van der Waals surface area contributed by atoms with Crippen LogP contribution in [0.2, 0.25) is 0 Å². The van der Waals surface area contributed by atoms with E-state index in [4.69, 9.17) is 4.74 Å². The lowest BCUT2D eigenvalue weighted by molar-refractivity contribution is 0.0966. The molecule has 2 amide bonds. The lowest BCUT2D eigenvalue weighted by Gasteiger charge is -2.11. The van der Waals surface area contributed by atoms with Crippen molar-refractivity contribution in [2.75, 3.05) is 7.11 Å². The zero-order valence-corrected chi connectivity index (χ0v) is 18.1. The maximum absolute atomic E-state index is 12.7. The second-order valence-electron chi connectivity index (χ2n) is 7.09. The van der Waals surface area contributed by atoms with Crippen LogP contribution in [0.5, 0.6) is 5.75 Å². The van der Waals surface area contributed by atoms with Gasteiger partial charge in [-0.1, -0.05) is 36.4 Å². The molecule has 8 heteroatoms. The van der Waals surface area contributed by atoms with Crippen molar-refractivity contribution in [2.24, 2.45) is 4.99 Å². The zero-order valence-electron chi connectivity index (χ0n) is 18.1. The number of ether oxygens (including phenoxy) is 1. The lowest BCUT2D eigenvalue weighted by Crippen LogP contribution is -2.43. The van der Waals surface area contributed by atoms with Crippen molar-refractivity contribution in [2.45, 2.75) is 6.92 Å². The van der Waals surface area contributed by atoms with Crippen molar-refractivity contribution in [1.82, 2.24) is 20.6 Å². The van der Waals surface area contributed by atoms with Gasteiger partial charge in [0.1, 0.15) is 5.75 Å². The second kappa shape index (κ2) is 9.69. The van der Waals surface area contributed by atoms with Crippen molar-refractivity contribution < 1.29 is 14.3 Å². The number of carbonyl (C=O) groups is 2. The third-order valence-corrected chi connectivity index (χ3v) is 4.83. The average Bonchev–Trinajstić information content (AvgIpc) is 2.85. The predicted molar refractivity (Wildman–Crippen MR) is 126 cm³/mol. The predicted octanol–water partition coefficient (Wildman–Crippen LogP) is 3.79. The summed E-state index contributed by atoms with van der Waals surface area (Å²) in [5.74, 6) is -0.141. The van der Waals surface area contributed by atoms with E-state index in [1.54, 1.807) is 67.8 Å². The average molecular weight is 439 g/mol. The van der Waals surface area contributed by atoms with E-state index in [0.29, 0.717) is 28.1 Å².